The number of aryl methyl sites for hydroxylation is 1. The average molecular weight is 335 g/mol. The molecule has 0 unspecified atom stereocenters. The van der Waals surface area contributed by atoms with Gasteiger partial charge in [-0.25, -0.2) is 4.98 Å². The molecule has 0 radical (unpaired) electrons. The fraction of sp³-hybridized carbons (Fsp3) is 0.412. The topological polar surface area (TPSA) is 33.2 Å². The average Bonchev–Trinajstić information content (AvgIpc) is 2.98. The maximum absolute atomic E-state index is 11.9. The van der Waals surface area contributed by atoms with Gasteiger partial charge in [0, 0.05) is 36.2 Å². The molecule has 1 aromatic heterocycles. The highest BCUT2D eigenvalue weighted by molar-refractivity contribution is 8.01. The van der Waals surface area contributed by atoms with Crippen molar-refractivity contribution in [3.8, 4) is 11.3 Å². The largest absolute Gasteiger partial charge is 0.343 e. The van der Waals surface area contributed by atoms with Gasteiger partial charge >= 0.3 is 0 Å². The number of nitrogens with zero attached hydrogens (tertiary/aromatic N) is 2. The van der Waals surface area contributed by atoms with E-state index in [1.165, 1.54) is 5.56 Å². The first-order chi connectivity index (χ1) is 10.6. The lowest BCUT2D eigenvalue weighted by atomic mass is 10.1. The van der Waals surface area contributed by atoms with Crippen LogP contribution in [0.4, 0.5) is 0 Å². The maximum Gasteiger partial charge on any atom is 0.223 e. The van der Waals surface area contributed by atoms with Gasteiger partial charge in [-0.05, 0) is 20.8 Å². The van der Waals surface area contributed by atoms with E-state index in [9.17, 15) is 4.79 Å². The van der Waals surface area contributed by atoms with Gasteiger partial charge in [-0.3, -0.25) is 4.79 Å². The van der Waals surface area contributed by atoms with Gasteiger partial charge in [-0.1, -0.05) is 41.6 Å². The SMILES string of the molecule is CCN(CC)C(=O)CCSc1nc(-c2ccc(C)cc2)cs1. The number of thioether (sulfide) groups is 1. The van der Waals surface area contributed by atoms with Crippen LogP contribution in [0.1, 0.15) is 25.8 Å². The number of carbonyl (C=O) groups is 1. The Bertz CT molecular complexity index is 603. The van der Waals surface area contributed by atoms with Crippen LogP contribution in [0.2, 0.25) is 0 Å². The van der Waals surface area contributed by atoms with E-state index in [1.807, 2.05) is 18.7 Å². The van der Waals surface area contributed by atoms with Crippen LogP contribution in [0.5, 0.6) is 0 Å². The molecule has 0 spiro atoms. The molecule has 118 valence electrons. The Kier molecular flexibility index (Phi) is 6.46. The summed E-state index contributed by atoms with van der Waals surface area (Å²) < 4.78 is 1.03. The van der Waals surface area contributed by atoms with Crippen LogP contribution in [-0.2, 0) is 4.79 Å². The summed E-state index contributed by atoms with van der Waals surface area (Å²) in [7, 11) is 0. The molecular weight excluding hydrogens is 312 g/mol. The zero-order chi connectivity index (χ0) is 15.9. The van der Waals surface area contributed by atoms with Crippen molar-refractivity contribution in [1.29, 1.82) is 0 Å². The molecule has 2 rings (SSSR count). The quantitative estimate of drug-likeness (QED) is 0.701. The van der Waals surface area contributed by atoms with E-state index in [0.717, 1.165) is 34.4 Å². The second kappa shape index (κ2) is 8.34. The van der Waals surface area contributed by atoms with Crippen molar-refractivity contribution >= 4 is 29.0 Å². The first kappa shape index (κ1) is 17.0. The number of benzene rings is 1. The number of rotatable bonds is 7. The lowest BCUT2D eigenvalue weighted by Gasteiger charge is -2.17. The summed E-state index contributed by atoms with van der Waals surface area (Å²) in [5.74, 6) is 1.02. The minimum atomic E-state index is 0.229. The number of thiazole rings is 1. The van der Waals surface area contributed by atoms with Crippen LogP contribution in [0.25, 0.3) is 11.3 Å². The van der Waals surface area contributed by atoms with Gasteiger partial charge in [0.2, 0.25) is 5.91 Å². The Morgan fingerprint density at radius 2 is 1.91 bits per heavy atom. The molecule has 0 aliphatic heterocycles. The highest BCUT2D eigenvalue weighted by atomic mass is 32.2. The van der Waals surface area contributed by atoms with Gasteiger partial charge in [0.1, 0.15) is 0 Å². The Morgan fingerprint density at radius 3 is 2.55 bits per heavy atom. The molecule has 0 aliphatic carbocycles. The lowest BCUT2D eigenvalue weighted by Crippen LogP contribution is -2.30. The molecule has 5 heteroatoms. The smallest absolute Gasteiger partial charge is 0.223 e. The predicted octanol–water partition coefficient (Wildman–Crippen LogP) is 4.47. The van der Waals surface area contributed by atoms with Crippen molar-refractivity contribution in [3.05, 3.63) is 35.2 Å². The molecule has 1 amide bonds. The molecule has 0 atom stereocenters. The second-order valence-electron chi connectivity index (χ2n) is 5.03. The van der Waals surface area contributed by atoms with Crippen molar-refractivity contribution < 1.29 is 4.79 Å². The van der Waals surface area contributed by atoms with Crippen LogP contribution >= 0.6 is 23.1 Å². The van der Waals surface area contributed by atoms with Crippen molar-refractivity contribution in [2.45, 2.75) is 31.5 Å². The van der Waals surface area contributed by atoms with E-state index >= 15 is 0 Å². The van der Waals surface area contributed by atoms with Crippen LogP contribution in [-0.4, -0.2) is 34.6 Å². The summed E-state index contributed by atoms with van der Waals surface area (Å²) in [5, 5.41) is 2.08. The number of carbonyl (C=O) groups excluding carboxylic acids is 1. The van der Waals surface area contributed by atoms with Crippen LogP contribution in [0.15, 0.2) is 34.0 Å². The molecule has 0 bridgehead atoms. The van der Waals surface area contributed by atoms with Crippen molar-refractivity contribution in [1.82, 2.24) is 9.88 Å². The fourth-order valence-electron chi connectivity index (χ4n) is 2.14. The fourth-order valence-corrected chi connectivity index (χ4v) is 3.97. The highest BCUT2D eigenvalue weighted by Crippen LogP contribution is 2.28. The number of hydrogen-bond donors (Lipinski definition) is 0. The molecule has 0 saturated carbocycles. The van der Waals surface area contributed by atoms with Gasteiger partial charge in [0.25, 0.3) is 0 Å². The van der Waals surface area contributed by atoms with E-state index < -0.39 is 0 Å². The Hall–Kier alpha value is -1.33. The van der Waals surface area contributed by atoms with E-state index in [2.05, 4.69) is 41.6 Å². The Morgan fingerprint density at radius 1 is 1.23 bits per heavy atom. The first-order valence-electron chi connectivity index (χ1n) is 7.57. The summed E-state index contributed by atoms with van der Waals surface area (Å²) in [4.78, 5) is 18.5. The number of aromatic nitrogens is 1. The maximum atomic E-state index is 11.9. The summed E-state index contributed by atoms with van der Waals surface area (Å²) in [5.41, 5.74) is 3.42. The molecule has 3 nitrogen and oxygen atoms in total. The monoisotopic (exact) mass is 334 g/mol. The van der Waals surface area contributed by atoms with E-state index in [-0.39, 0.29) is 5.91 Å². The van der Waals surface area contributed by atoms with Crippen LogP contribution in [0, 0.1) is 6.92 Å². The van der Waals surface area contributed by atoms with Crippen LogP contribution in [0.3, 0.4) is 0 Å². The molecule has 1 aromatic carbocycles. The molecule has 0 aliphatic rings. The molecule has 0 saturated heterocycles. The number of hydrogen-bond acceptors (Lipinski definition) is 4. The van der Waals surface area contributed by atoms with Gasteiger partial charge in [-0.15, -0.1) is 11.3 Å². The molecular formula is C17H22N2OS2. The minimum Gasteiger partial charge on any atom is -0.343 e. The van der Waals surface area contributed by atoms with E-state index in [1.54, 1.807) is 23.1 Å². The highest BCUT2D eigenvalue weighted by Gasteiger charge is 2.10. The first-order valence-corrected chi connectivity index (χ1v) is 9.43. The summed E-state index contributed by atoms with van der Waals surface area (Å²) in [6.45, 7) is 7.69. The van der Waals surface area contributed by atoms with Gasteiger partial charge in [0.15, 0.2) is 4.34 Å². The van der Waals surface area contributed by atoms with Crippen LogP contribution < -0.4 is 0 Å². The zero-order valence-electron chi connectivity index (χ0n) is 13.3. The summed E-state index contributed by atoms with van der Waals surface area (Å²) >= 11 is 3.31. The van der Waals surface area contributed by atoms with Crippen molar-refractivity contribution in [2.75, 3.05) is 18.8 Å². The molecule has 0 fully saturated rings. The molecule has 0 N–H and O–H groups in total. The van der Waals surface area contributed by atoms with Crippen molar-refractivity contribution in [3.63, 3.8) is 0 Å². The zero-order valence-corrected chi connectivity index (χ0v) is 15.0. The summed E-state index contributed by atoms with van der Waals surface area (Å²) in [6, 6.07) is 8.40. The third kappa shape index (κ3) is 4.58. The van der Waals surface area contributed by atoms with Gasteiger partial charge in [0.05, 0.1) is 5.69 Å². The Balaban J connectivity index is 1.87. The molecule has 22 heavy (non-hydrogen) atoms. The second-order valence-corrected chi connectivity index (χ2v) is 7.23. The summed E-state index contributed by atoms with van der Waals surface area (Å²) in [6.07, 6.45) is 0.575. The van der Waals surface area contributed by atoms with Gasteiger partial charge in [-0.2, -0.15) is 0 Å². The third-order valence-electron chi connectivity index (χ3n) is 3.49. The normalized spacial score (nSPS) is 10.7. The number of amides is 1. The molecule has 1 heterocycles. The Labute approximate surface area is 140 Å². The van der Waals surface area contributed by atoms with E-state index in [0.29, 0.717) is 6.42 Å². The molecule has 2 aromatic rings. The van der Waals surface area contributed by atoms with Gasteiger partial charge < -0.3 is 4.90 Å². The van der Waals surface area contributed by atoms with Crippen molar-refractivity contribution in [2.24, 2.45) is 0 Å². The van der Waals surface area contributed by atoms with E-state index in [4.69, 9.17) is 0 Å². The predicted molar refractivity (Wildman–Crippen MR) is 95.6 cm³/mol. The third-order valence-corrected chi connectivity index (χ3v) is 5.51. The minimum absolute atomic E-state index is 0.229. The lowest BCUT2D eigenvalue weighted by molar-refractivity contribution is -0.130. The standard InChI is InChI=1S/C17H22N2OS2/c1-4-19(5-2)16(20)10-11-21-17-18-15(12-22-17)14-8-6-13(3)7-9-14/h6-9,12H,4-5,10-11H2,1-3H3.